The zero-order valence-corrected chi connectivity index (χ0v) is 26.9. The van der Waals surface area contributed by atoms with E-state index in [4.69, 9.17) is 0 Å². The average Bonchev–Trinajstić information content (AvgIpc) is 3.17. The van der Waals surface area contributed by atoms with Gasteiger partial charge < -0.3 is 36.3 Å². The summed E-state index contributed by atoms with van der Waals surface area (Å²) in [6.07, 6.45) is 4.20. The number of aromatic nitrogens is 1. The van der Waals surface area contributed by atoms with Crippen LogP contribution in [0.2, 0.25) is 0 Å². The summed E-state index contributed by atoms with van der Waals surface area (Å²) >= 11 is 1.74. The lowest BCUT2D eigenvalue weighted by atomic mass is 9.91. The van der Waals surface area contributed by atoms with E-state index in [9.17, 15) is 34.5 Å². The summed E-state index contributed by atoms with van der Waals surface area (Å²) in [5.74, 6) is -2.66. The van der Waals surface area contributed by atoms with Gasteiger partial charge in [-0.05, 0) is 73.6 Å². The number of thioether (sulfide) groups is 1. The van der Waals surface area contributed by atoms with Gasteiger partial charge in [-0.25, -0.2) is 4.79 Å². The minimum absolute atomic E-state index is 0.0251. The molecule has 1 spiro atoms. The number of carbonyl (C=O) groups excluding carboxylic acids is 2. The second kappa shape index (κ2) is 12.1. The Balaban J connectivity index is 1.54. The van der Waals surface area contributed by atoms with Gasteiger partial charge in [0.1, 0.15) is 0 Å². The highest BCUT2D eigenvalue weighted by Crippen LogP contribution is 2.64. The van der Waals surface area contributed by atoms with Gasteiger partial charge in [0.15, 0.2) is 6.10 Å². The Labute approximate surface area is 266 Å². The number of carboxylic acids is 2. The number of nitrogens with one attached hydrogen (secondary N) is 4. The zero-order valence-electron chi connectivity index (χ0n) is 26.0. The highest BCUT2D eigenvalue weighted by atomic mass is 32.2. The third kappa shape index (κ3) is 5.77. The van der Waals surface area contributed by atoms with Crippen LogP contribution in [0.5, 0.6) is 0 Å². The fourth-order valence-electron chi connectivity index (χ4n) is 6.86. The summed E-state index contributed by atoms with van der Waals surface area (Å²) in [6, 6.07) is -0.515. The molecule has 1 aromatic heterocycles. The van der Waals surface area contributed by atoms with Crippen LogP contribution in [0.15, 0.2) is 46.3 Å². The number of rotatable bonds is 11. The van der Waals surface area contributed by atoms with Gasteiger partial charge in [-0.1, -0.05) is 26.5 Å². The number of hydrogen-bond acceptors (Lipinski definition) is 7. The average molecular weight is 637 g/mol. The van der Waals surface area contributed by atoms with Gasteiger partial charge in [-0.15, -0.1) is 11.8 Å². The number of allylic oxidation sites excluding steroid dienone is 1. The summed E-state index contributed by atoms with van der Waals surface area (Å²) in [5.41, 5.74) is 7.37. The third-order valence-corrected chi connectivity index (χ3v) is 11.5. The minimum Gasteiger partial charge on any atom is -0.481 e. The molecule has 2 fully saturated rings. The number of H-pyrrole nitrogens is 1. The maximum atomic E-state index is 12.6. The van der Waals surface area contributed by atoms with E-state index in [-0.39, 0.29) is 59.1 Å². The van der Waals surface area contributed by atoms with Crippen molar-refractivity contribution in [3.05, 3.63) is 68.9 Å². The van der Waals surface area contributed by atoms with E-state index in [0.29, 0.717) is 29.0 Å². The number of hydrogen-bond donors (Lipinski definition) is 7. The molecule has 7 N–H and O–H groups in total. The number of aliphatic carboxylic acids is 2. The highest BCUT2D eigenvalue weighted by molar-refractivity contribution is 8.09. The Bertz CT molecular complexity index is 1630. The van der Waals surface area contributed by atoms with Crippen molar-refractivity contribution in [2.24, 2.45) is 5.92 Å². The van der Waals surface area contributed by atoms with Crippen LogP contribution in [0.3, 0.4) is 0 Å². The quantitative estimate of drug-likeness (QED) is 0.180. The number of amides is 2. The lowest BCUT2D eigenvalue weighted by molar-refractivity contribution is -0.146. The molecular weight excluding hydrogens is 596 g/mol. The van der Waals surface area contributed by atoms with E-state index in [2.05, 4.69) is 34.4 Å². The number of aliphatic hydroxyl groups is 1. The van der Waals surface area contributed by atoms with Crippen LogP contribution in [0.25, 0.3) is 12.2 Å². The highest BCUT2D eigenvalue weighted by Gasteiger charge is 2.65. The molecule has 4 aliphatic heterocycles. The number of carboxylic acid groups (broad SMARTS) is 2. The molecule has 11 nitrogen and oxygen atoms in total. The maximum Gasteiger partial charge on any atom is 0.332 e. The van der Waals surface area contributed by atoms with Gasteiger partial charge in [0, 0.05) is 52.5 Å². The lowest BCUT2D eigenvalue weighted by Crippen LogP contribution is -2.36. The molecule has 0 saturated carbocycles. The summed E-state index contributed by atoms with van der Waals surface area (Å²) in [7, 11) is 0. The number of carbonyl (C=O) groups is 4. The molecule has 0 aromatic carbocycles. The number of aromatic amines is 1. The molecule has 0 aliphatic carbocycles. The first-order valence-electron chi connectivity index (χ1n) is 15.1. The van der Waals surface area contributed by atoms with Crippen molar-refractivity contribution in [1.82, 2.24) is 20.9 Å². The molecule has 1 aromatic rings. The molecule has 1 unspecified atom stereocenters. The monoisotopic (exact) mass is 636 g/mol. The van der Waals surface area contributed by atoms with Crippen molar-refractivity contribution in [1.29, 1.82) is 0 Å². The SMILES string of the molecule is C=CC1=C(C)[C@@H](CC2N/C(=C\c3[nH]c(/C=C4\NC(=O)[C@H](C)[C@]45S[C@H]5C)c(C)c3CCC(=O)O)C(C[C@H](O)C(=O)O)=C2C)NC1=O. The molecule has 0 radical (unpaired) electrons. The van der Waals surface area contributed by atoms with Gasteiger partial charge >= 0.3 is 11.9 Å². The largest absolute Gasteiger partial charge is 0.481 e. The van der Waals surface area contributed by atoms with E-state index in [1.165, 1.54) is 6.08 Å². The van der Waals surface area contributed by atoms with Crippen LogP contribution in [-0.4, -0.2) is 72.2 Å². The van der Waals surface area contributed by atoms with Crippen LogP contribution < -0.4 is 16.0 Å². The molecular formula is C33H40N4O7S. The van der Waals surface area contributed by atoms with Crippen molar-refractivity contribution in [3.63, 3.8) is 0 Å². The second-order valence-electron chi connectivity index (χ2n) is 12.3. The molecule has 12 heteroatoms. The van der Waals surface area contributed by atoms with Crippen molar-refractivity contribution < 1.29 is 34.5 Å². The molecule has 6 atom stereocenters. The first-order chi connectivity index (χ1) is 21.2. The lowest BCUT2D eigenvalue weighted by Gasteiger charge is -2.20. The van der Waals surface area contributed by atoms with Crippen molar-refractivity contribution in [2.75, 3.05) is 0 Å². The van der Waals surface area contributed by atoms with E-state index in [0.717, 1.165) is 33.7 Å². The van der Waals surface area contributed by atoms with Gasteiger partial charge in [0.25, 0.3) is 5.91 Å². The summed E-state index contributed by atoms with van der Waals surface area (Å²) in [4.78, 5) is 51.7. The Morgan fingerprint density at radius 2 is 1.71 bits per heavy atom. The molecule has 0 bridgehead atoms. The topological polar surface area (TPSA) is 181 Å². The standard InChI is InChI=1S/C33H40N4O7S/c1-7-19-14(2)23(36-31(19)42)11-22-16(4)21(10-27(38)32(43)44)26(34-22)12-25-20(8-9-29(39)40)15(3)24(35-25)13-28-33(18(6)45-33)17(5)30(41)37-28/h7,12-13,17-18,22-23,27,34-35,38H,1,8-11H2,2-6H3,(H,36,42)(H,37,41)(H,39,40)(H,43,44)/b26-12-,28-13-/t17-,18-,22?,23+,27-,33+/m0/s1. The van der Waals surface area contributed by atoms with Crippen molar-refractivity contribution in [2.45, 2.75) is 88.5 Å². The third-order valence-electron chi connectivity index (χ3n) is 9.76. The predicted molar refractivity (Wildman–Crippen MR) is 172 cm³/mol. The van der Waals surface area contributed by atoms with Gasteiger partial charge in [-0.3, -0.25) is 14.4 Å². The molecule has 240 valence electrons. The minimum atomic E-state index is -1.63. The fourth-order valence-corrected chi connectivity index (χ4v) is 8.25. The van der Waals surface area contributed by atoms with E-state index < -0.39 is 18.0 Å². The van der Waals surface area contributed by atoms with Gasteiger partial charge in [0.2, 0.25) is 5.91 Å². The summed E-state index contributed by atoms with van der Waals surface area (Å²) in [5, 5.41) is 39.1. The Morgan fingerprint density at radius 1 is 1.04 bits per heavy atom. The number of aliphatic hydroxyl groups excluding tert-OH is 1. The first-order valence-corrected chi connectivity index (χ1v) is 15.9. The van der Waals surface area contributed by atoms with Crippen LogP contribution in [0, 0.1) is 12.8 Å². The predicted octanol–water partition coefficient (Wildman–Crippen LogP) is 3.18. The summed E-state index contributed by atoms with van der Waals surface area (Å²) in [6.45, 7) is 13.4. The van der Waals surface area contributed by atoms with Crippen LogP contribution in [0.1, 0.15) is 69.5 Å². The first kappa shape index (κ1) is 32.4. The molecule has 2 saturated heterocycles. The van der Waals surface area contributed by atoms with Crippen LogP contribution in [0.4, 0.5) is 0 Å². The maximum absolute atomic E-state index is 12.6. The fraction of sp³-hybridized carbons (Fsp3) is 0.455. The zero-order chi connectivity index (χ0) is 33.0. The van der Waals surface area contributed by atoms with E-state index in [1.54, 1.807) is 11.8 Å². The molecule has 5 rings (SSSR count). The Morgan fingerprint density at radius 3 is 2.29 bits per heavy atom. The molecule has 5 heterocycles. The molecule has 4 aliphatic rings. The molecule has 45 heavy (non-hydrogen) atoms. The second-order valence-corrected chi connectivity index (χ2v) is 13.9. The normalized spacial score (nSPS) is 29.9. The van der Waals surface area contributed by atoms with Gasteiger partial charge in [-0.2, -0.15) is 0 Å². The van der Waals surface area contributed by atoms with E-state index in [1.807, 2.05) is 39.8 Å². The van der Waals surface area contributed by atoms with Crippen LogP contribution in [-0.2, 0) is 25.6 Å². The summed E-state index contributed by atoms with van der Waals surface area (Å²) < 4.78 is -0.303. The van der Waals surface area contributed by atoms with Crippen molar-refractivity contribution >= 4 is 47.7 Å². The van der Waals surface area contributed by atoms with Crippen LogP contribution >= 0.6 is 11.8 Å². The Kier molecular flexibility index (Phi) is 8.67. The molecule has 2 amide bonds. The van der Waals surface area contributed by atoms with Crippen molar-refractivity contribution in [3.8, 4) is 0 Å². The Hall–Kier alpha value is -4.03. The van der Waals surface area contributed by atoms with Gasteiger partial charge in [0.05, 0.1) is 16.7 Å². The smallest absolute Gasteiger partial charge is 0.332 e. The van der Waals surface area contributed by atoms with E-state index >= 15 is 0 Å².